The van der Waals surface area contributed by atoms with E-state index in [1.165, 1.54) is 10.9 Å². The van der Waals surface area contributed by atoms with Crippen molar-refractivity contribution < 1.29 is 9.59 Å². The molecule has 0 bridgehead atoms. The maximum atomic E-state index is 12.4. The molecule has 2 N–H and O–H groups in total. The normalized spacial score (nSPS) is 10.4. The monoisotopic (exact) mass is 365 g/mol. The van der Waals surface area contributed by atoms with Gasteiger partial charge in [0.25, 0.3) is 17.4 Å². The molecule has 0 unspecified atom stereocenters. The number of carbonyl (C=O) groups is 2. The van der Waals surface area contributed by atoms with E-state index >= 15 is 0 Å². The Hall–Kier alpha value is -3.68. The van der Waals surface area contributed by atoms with Crippen molar-refractivity contribution in [2.45, 2.75) is 6.54 Å². The van der Waals surface area contributed by atoms with Gasteiger partial charge in [-0.2, -0.15) is 0 Å². The first-order valence-electron chi connectivity index (χ1n) is 8.26. The van der Waals surface area contributed by atoms with Crippen molar-refractivity contribution in [2.75, 3.05) is 19.0 Å². The molecule has 27 heavy (non-hydrogen) atoms. The van der Waals surface area contributed by atoms with E-state index in [1.807, 2.05) is 25.1 Å². The summed E-state index contributed by atoms with van der Waals surface area (Å²) in [6.07, 6.45) is 1.31. The number of aromatic nitrogens is 2. The van der Waals surface area contributed by atoms with Gasteiger partial charge in [-0.3, -0.25) is 29.8 Å². The fourth-order valence-electron chi connectivity index (χ4n) is 2.54. The van der Waals surface area contributed by atoms with Gasteiger partial charge in [-0.25, -0.2) is 4.98 Å². The lowest BCUT2D eigenvalue weighted by atomic mass is 10.2. The van der Waals surface area contributed by atoms with Gasteiger partial charge in [0.1, 0.15) is 6.54 Å². The second-order valence-corrected chi connectivity index (χ2v) is 6.14. The van der Waals surface area contributed by atoms with E-state index in [2.05, 4.69) is 15.8 Å². The van der Waals surface area contributed by atoms with Gasteiger partial charge in [-0.05, 0) is 30.3 Å². The van der Waals surface area contributed by atoms with Crippen LogP contribution in [0.4, 0.5) is 5.69 Å². The zero-order valence-electron chi connectivity index (χ0n) is 15.0. The summed E-state index contributed by atoms with van der Waals surface area (Å²) in [7, 11) is 3.74. The van der Waals surface area contributed by atoms with Crippen LogP contribution in [0.1, 0.15) is 10.4 Å². The van der Waals surface area contributed by atoms with Crippen molar-refractivity contribution in [3.05, 3.63) is 70.8 Å². The fourth-order valence-corrected chi connectivity index (χ4v) is 2.54. The van der Waals surface area contributed by atoms with Gasteiger partial charge >= 0.3 is 0 Å². The van der Waals surface area contributed by atoms with Crippen LogP contribution in [-0.2, 0) is 11.3 Å². The third-order valence-corrected chi connectivity index (χ3v) is 3.99. The molecule has 2 aromatic carbocycles. The first kappa shape index (κ1) is 18.1. The van der Waals surface area contributed by atoms with E-state index in [-0.39, 0.29) is 12.1 Å². The number of hydrogen-bond donors (Lipinski definition) is 2. The molecule has 0 fully saturated rings. The molecule has 0 atom stereocenters. The van der Waals surface area contributed by atoms with E-state index < -0.39 is 11.8 Å². The lowest BCUT2D eigenvalue weighted by Crippen LogP contribution is -2.44. The molecule has 2 amide bonds. The summed E-state index contributed by atoms with van der Waals surface area (Å²) in [5.74, 6) is -0.984. The van der Waals surface area contributed by atoms with Crippen molar-refractivity contribution in [1.82, 2.24) is 20.4 Å². The lowest BCUT2D eigenvalue weighted by Gasteiger charge is -2.14. The number of hydrazine groups is 1. The largest absolute Gasteiger partial charge is 0.378 e. The minimum atomic E-state index is -0.536. The van der Waals surface area contributed by atoms with Crippen LogP contribution in [0.25, 0.3) is 10.9 Å². The molecule has 0 aliphatic rings. The van der Waals surface area contributed by atoms with Crippen LogP contribution < -0.4 is 21.3 Å². The number of nitrogens with zero attached hydrogens (tertiary/aromatic N) is 3. The molecule has 138 valence electrons. The highest BCUT2D eigenvalue weighted by Gasteiger charge is 2.11. The Kier molecular flexibility index (Phi) is 5.16. The number of para-hydroxylation sites is 1. The molecular formula is C19H19N5O3. The predicted octanol–water partition coefficient (Wildman–Crippen LogP) is 0.924. The average molecular weight is 365 g/mol. The second-order valence-electron chi connectivity index (χ2n) is 6.14. The van der Waals surface area contributed by atoms with Crippen LogP contribution >= 0.6 is 0 Å². The molecule has 1 heterocycles. The Labute approximate surface area is 155 Å². The van der Waals surface area contributed by atoms with Gasteiger partial charge in [0.2, 0.25) is 0 Å². The number of amides is 2. The number of benzene rings is 2. The maximum Gasteiger partial charge on any atom is 0.269 e. The minimum absolute atomic E-state index is 0.255. The molecule has 3 aromatic rings. The summed E-state index contributed by atoms with van der Waals surface area (Å²) < 4.78 is 1.19. The van der Waals surface area contributed by atoms with E-state index in [0.717, 1.165) is 5.69 Å². The molecule has 0 aliphatic carbocycles. The summed E-state index contributed by atoms with van der Waals surface area (Å²) in [5, 5.41) is 0.428. The van der Waals surface area contributed by atoms with Crippen LogP contribution in [0.3, 0.4) is 0 Å². The Morgan fingerprint density at radius 3 is 2.63 bits per heavy atom. The summed E-state index contributed by atoms with van der Waals surface area (Å²) >= 11 is 0. The molecule has 8 heteroatoms. The van der Waals surface area contributed by atoms with Gasteiger partial charge in [0.05, 0.1) is 17.2 Å². The molecule has 0 aliphatic heterocycles. The summed E-state index contributed by atoms with van der Waals surface area (Å²) in [6.45, 7) is -0.255. The summed E-state index contributed by atoms with van der Waals surface area (Å²) in [4.78, 5) is 42.7. The molecule has 0 saturated carbocycles. The molecule has 0 spiro atoms. The molecule has 0 saturated heterocycles. The molecule has 3 rings (SSSR count). The number of fused-ring (bicyclic) bond motifs is 1. The molecule has 1 aromatic heterocycles. The smallest absolute Gasteiger partial charge is 0.269 e. The van der Waals surface area contributed by atoms with Gasteiger partial charge in [-0.1, -0.05) is 18.2 Å². The molecule has 8 nitrogen and oxygen atoms in total. The van der Waals surface area contributed by atoms with Gasteiger partial charge < -0.3 is 4.90 Å². The third-order valence-electron chi connectivity index (χ3n) is 3.99. The van der Waals surface area contributed by atoms with Crippen LogP contribution in [-0.4, -0.2) is 35.5 Å². The predicted molar refractivity (Wildman–Crippen MR) is 102 cm³/mol. The van der Waals surface area contributed by atoms with Crippen LogP contribution in [0.2, 0.25) is 0 Å². The van der Waals surface area contributed by atoms with E-state index in [4.69, 9.17) is 0 Å². The summed E-state index contributed by atoms with van der Waals surface area (Å²) in [6, 6.07) is 13.9. The van der Waals surface area contributed by atoms with E-state index in [9.17, 15) is 14.4 Å². The number of carbonyl (C=O) groups excluding carboxylic acids is 2. The second kappa shape index (κ2) is 7.69. The van der Waals surface area contributed by atoms with E-state index in [0.29, 0.717) is 16.5 Å². The highest BCUT2D eigenvalue weighted by atomic mass is 16.2. The highest BCUT2D eigenvalue weighted by molar-refractivity contribution is 5.96. The van der Waals surface area contributed by atoms with Crippen molar-refractivity contribution >= 4 is 28.4 Å². The lowest BCUT2D eigenvalue weighted by molar-refractivity contribution is -0.122. The molecular weight excluding hydrogens is 346 g/mol. The van der Waals surface area contributed by atoms with Gasteiger partial charge in [-0.15, -0.1) is 0 Å². The Morgan fingerprint density at radius 2 is 1.85 bits per heavy atom. The summed E-state index contributed by atoms with van der Waals surface area (Å²) in [5.41, 5.74) is 6.18. The number of rotatable bonds is 4. The van der Waals surface area contributed by atoms with Crippen LogP contribution in [0.5, 0.6) is 0 Å². The number of anilines is 1. The van der Waals surface area contributed by atoms with Crippen molar-refractivity contribution in [2.24, 2.45) is 0 Å². The zero-order chi connectivity index (χ0) is 19.4. The first-order chi connectivity index (χ1) is 13.0. The Bertz CT molecular complexity index is 1060. The van der Waals surface area contributed by atoms with Crippen LogP contribution in [0.15, 0.2) is 59.7 Å². The van der Waals surface area contributed by atoms with Gasteiger partial charge in [0.15, 0.2) is 0 Å². The van der Waals surface area contributed by atoms with Crippen LogP contribution in [0, 0.1) is 0 Å². The highest BCUT2D eigenvalue weighted by Crippen LogP contribution is 2.13. The number of nitrogens with one attached hydrogen (secondary N) is 2. The fraction of sp³-hybridized carbons (Fsp3) is 0.158. The maximum absolute atomic E-state index is 12.4. The number of hydrogen-bond acceptors (Lipinski definition) is 5. The Morgan fingerprint density at radius 1 is 1.07 bits per heavy atom. The third kappa shape index (κ3) is 4.12. The average Bonchev–Trinajstić information content (AvgIpc) is 2.68. The quantitative estimate of drug-likeness (QED) is 0.671. The van der Waals surface area contributed by atoms with Gasteiger partial charge in [0, 0.05) is 25.3 Å². The first-order valence-corrected chi connectivity index (χ1v) is 8.26. The zero-order valence-corrected chi connectivity index (χ0v) is 15.0. The van der Waals surface area contributed by atoms with Crippen molar-refractivity contribution in [3.63, 3.8) is 0 Å². The SMILES string of the molecule is CN(C)c1cccc(C(=O)NNC(=O)Cn2cnc3ccccc3c2=O)c1. The topological polar surface area (TPSA) is 96.3 Å². The van der Waals surface area contributed by atoms with Crippen molar-refractivity contribution in [3.8, 4) is 0 Å². The minimum Gasteiger partial charge on any atom is -0.378 e. The van der Waals surface area contributed by atoms with Crippen molar-refractivity contribution in [1.29, 1.82) is 0 Å². The standard InChI is InChI=1S/C19H19N5O3/c1-23(2)14-7-5-6-13(10-14)18(26)22-21-17(25)11-24-12-20-16-9-4-3-8-15(16)19(24)27/h3-10,12H,11H2,1-2H3,(H,21,25)(H,22,26). The van der Waals surface area contributed by atoms with E-state index in [1.54, 1.807) is 42.5 Å². The Balaban J connectivity index is 1.65. The molecule has 0 radical (unpaired) electrons.